The maximum atomic E-state index is 12.4. The Labute approximate surface area is 126 Å². The van der Waals surface area contributed by atoms with E-state index in [0.717, 1.165) is 19.3 Å². The summed E-state index contributed by atoms with van der Waals surface area (Å²) in [5.74, 6) is -0.347. The van der Waals surface area contributed by atoms with Gasteiger partial charge in [0.25, 0.3) is 5.91 Å². The highest BCUT2D eigenvalue weighted by atomic mass is 16.5. The summed E-state index contributed by atoms with van der Waals surface area (Å²) in [6.07, 6.45) is 6.51. The molecule has 1 aromatic heterocycles. The van der Waals surface area contributed by atoms with Gasteiger partial charge in [-0.15, -0.1) is 0 Å². The normalized spacial score (nSPS) is 10.2. The third kappa shape index (κ3) is 6.38. The van der Waals surface area contributed by atoms with Crippen LogP contribution in [-0.4, -0.2) is 41.5 Å². The summed E-state index contributed by atoms with van der Waals surface area (Å²) < 4.78 is 4.91. The number of hydrogen-bond acceptors (Lipinski definition) is 4. The Hall–Kier alpha value is -1.91. The van der Waals surface area contributed by atoms with Gasteiger partial charge in [-0.05, 0) is 25.5 Å². The highest BCUT2D eigenvalue weighted by Gasteiger charge is 2.17. The number of ether oxygens (including phenoxy) is 1. The largest absolute Gasteiger partial charge is 0.466 e. The Morgan fingerprint density at radius 1 is 1.24 bits per heavy atom. The van der Waals surface area contributed by atoms with Crippen LogP contribution in [-0.2, 0) is 9.53 Å². The molecule has 0 spiro atoms. The molecule has 1 aromatic rings. The molecule has 21 heavy (non-hydrogen) atoms. The van der Waals surface area contributed by atoms with Gasteiger partial charge < -0.3 is 9.64 Å². The summed E-state index contributed by atoms with van der Waals surface area (Å²) in [5, 5.41) is 0. The minimum atomic E-state index is -0.267. The van der Waals surface area contributed by atoms with Gasteiger partial charge in [0.1, 0.15) is 0 Å². The summed E-state index contributed by atoms with van der Waals surface area (Å²) in [5.41, 5.74) is 0.554. The topological polar surface area (TPSA) is 59.5 Å². The van der Waals surface area contributed by atoms with Crippen LogP contribution in [0.1, 0.15) is 49.9 Å². The lowest BCUT2D eigenvalue weighted by Gasteiger charge is -2.22. The van der Waals surface area contributed by atoms with Gasteiger partial charge in [0.2, 0.25) is 0 Å². The maximum absolute atomic E-state index is 12.4. The number of carbonyl (C=O) groups excluding carboxylic acids is 2. The number of rotatable bonds is 9. The molecule has 116 valence electrons. The number of aromatic nitrogens is 1. The molecule has 0 aromatic carbocycles. The van der Waals surface area contributed by atoms with Crippen molar-refractivity contribution in [3.8, 4) is 0 Å². The van der Waals surface area contributed by atoms with E-state index in [1.807, 2.05) is 0 Å². The first-order valence-corrected chi connectivity index (χ1v) is 7.54. The van der Waals surface area contributed by atoms with Crippen molar-refractivity contribution in [3.63, 3.8) is 0 Å². The molecule has 0 bridgehead atoms. The smallest absolute Gasteiger partial charge is 0.307 e. The van der Waals surface area contributed by atoms with Crippen molar-refractivity contribution >= 4 is 11.9 Å². The lowest BCUT2D eigenvalue weighted by atomic mass is 10.2. The molecule has 0 saturated carbocycles. The highest BCUT2D eigenvalue weighted by Crippen LogP contribution is 2.07. The molecule has 0 N–H and O–H groups in total. The lowest BCUT2D eigenvalue weighted by Crippen LogP contribution is -2.34. The summed E-state index contributed by atoms with van der Waals surface area (Å²) in [7, 11) is 0. The minimum absolute atomic E-state index is 0.0801. The van der Waals surface area contributed by atoms with Crippen molar-refractivity contribution in [3.05, 3.63) is 30.1 Å². The second-order valence-electron chi connectivity index (χ2n) is 4.80. The van der Waals surface area contributed by atoms with Crippen LogP contribution in [0.4, 0.5) is 0 Å². The van der Waals surface area contributed by atoms with Crippen molar-refractivity contribution in [1.29, 1.82) is 0 Å². The fraction of sp³-hybridized carbons (Fsp3) is 0.562. The van der Waals surface area contributed by atoms with Gasteiger partial charge in [-0.3, -0.25) is 14.6 Å². The van der Waals surface area contributed by atoms with Crippen molar-refractivity contribution in [1.82, 2.24) is 9.88 Å². The SMILES string of the molecule is CCCCCN(CCC(=O)OCC)C(=O)c1cccnc1. The molecule has 0 aliphatic rings. The predicted octanol–water partition coefficient (Wildman–Crippen LogP) is 2.67. The summed E-state index contributed by atoms with van der Waals surface area (Å²) in [4.78, 5) is 29.6. The summed E-state index contributed by atoms with van der Waals surface area (Å²) >= 11 is 0. The minimum Gasteiger partial charge on any atom is -0.466 e. The van der Waals surface area contributed by atoms with Gasteiger partial charge >= 0.3 is 5.97 Å². The van der Waals surface area contributed by atoms with E-state index >= 15 is 0 Å². The number of hydrogen-bond donors (Lipinski definition) is 0. The van der Waals surface area contributed by atoms with E-state index in [4.69, 9.17) is 4.74 Å². The molecule has 1 rings (SSSR count). The van der Waals surface area contributed by atoms with Gasteiger partial charge in [-0.25, -0.2) is 0 Å². The first-order chi connectivity index (χ1) is 10.2. The molecule has 0 saturated heterocycles. The van der Waals surface area contributed by atoms with Gasteiger partial charge in [0, 0.05) is 25.5 Å². The molecule has 0 aliphatic carbocycles. The van der Waals surface area contributed by atoms with Crippen LogP contribution >= 0.6 is 0 Å². The van der Waals surface area contributed by atoms with Crippen molar-refractivity contribution in [2.75, 3.05) is 19.7 Å². The second-order valence-corrected chi connectivity index (χ2v) is 4.80. The summed E-state index contributed by atoms with van der Waals surface area (Å²) in [6.45, 7) is 5.30. The zero-order valence-electron chi connectivity index (χ0n) is 12.9. The number of unbranched alkanes of at least 4 members (excludes halogenated alkanes) is 2. The lowest BCUT2D eigenvalue weighted by molar-refractivity contribution is -0.143. The molecule has 0 atom stereocenters. The average Bonchev–Trinajstić information content (AvgIpc) is 2.51. The van der Waals surface area contributed by atoms with E-state index < -0.39 is 0 Å². The first kappa shape index (κ1) is 17.1. The van der Waals surface area contributed by atoms with Gasteiger partial charge in [0.05, 0.1) is 18.6 Å². The quantitative estimate of drug-likeness (QED) is 0.518. The third-order valence-electron chi connectivity index (χ3n) is 3.12. The molecule has 1 amide bonds. The van der Waals surface area contributed by atoms with Crippen LogP contribution in [0.25, 0.3) is 0 Å². The van der Waals surface area contributed by atoms with Crippen molar-refractivity contribution in [2.45, 2.75) is 39.5 Å². The Balaban J connectivity index is 2.62. The second kappa shape index (κ2) is 9.91. The monoisotopic (exact) mass is 292 g/mol. The Bertz CT molecular complexity index is 434. The average molecular weight is 292 g/mol. The van der Waals surface area contributed by atoms with Crippen LogP contribution in [0.3, 0.4) is 0 Å². The molecule has 0 radical (unpaired) electrons. The number of nitrogens with zero attached hydrogens (tertiary/aromatic N) is 2. The van der Waals surface area contributed by atoms with Gasteiger partial charge in [-0.2, -0.15) is 0 Å². The van der Waals surface area contributed by atoms with E-state index in [0.29, 0.717) is 25.3 Å². The molecule has 0 aliphatic heterocycles. The van der Waals surface area contributed by atoms with E-state index in [1.165, 1.54) is 0 Å². The first-order valence-electron chi connectivity index (χ1n) is 7.54. The Morgan fingerprint density at radius 3 is 2.67 bits per heavy atom. The van der Waals surface area contributed by atoms with Crippen molar-refractivity contribution in [2.24, 2.45) is 0 Å². The molecule has 0 fully saturated rings. The van der Waals surface area contributed by atoms with Gasteiger partial charge in [0.15, 0.2) is 0 Å². The van der Waals surface area contributed by atoms with E-state index in [1.54, 1.807) is 36.4 Å². The fourth-order valence-corrected chi connectivity index (χ4v) is 2.00. The van der Waals surface area contributed by atoms with Crippen molar-refractivity contribution < 1.29 is 14.3 Å². The predicted molar refractivity (Wildman–Crippen MR) is 80.9 cm³/mol. The summed E-state index contributed by atoms with van der Waals surface area (Å²) in [6, 6.07) is 3.48. The third-order valence-corrected chi connectivity index (χ3v) is 3.12. The van der Waals surface area contributed by atoms with Crippen LogP contribution in [0.5, 0.6) is 0 Å². The van der Waals surface area contributed by atoms with Gasteiger partial charge in [-0.1, -0.05) is 19.8 Å². The molecule has 0 unspecified atom stereocenters. The molecule has 1 heterocycles. The number of esters is 1. The molecule has 5 heteroatoms. The zero-order chi connectivity index (χ0) is 15.5. The number of carbonyl (C=O) groups is 2. The Kier molecular flexibility index (Phi) is 8.09. The van der Waals surface area contributed by atoms with Crippen LogP contribution in [0, 0.1) is 0 Å². The number of pyridine rings is 1. The molecule has 5 nitrogen and oxygen atoms in total. The number of amides is 1. The maximum Gasteiger partial charge on any atom is 0.307 e. The van der Waals surface area contributed by atoms with E-state index in [-0.39, 0.29) is 18.3 Å². The van der Waals surface area contributed by atoms with Crippen LogP contribution < -0.4 is 0 Å². The highest BCUT2D eigenvalue weighted by molar-refractivity contribution is 5.94. The van der Waals surface area contributed by atoms with Crippen LogP contribution in [0.15, 0.2) is 24.5 Å². The zero-order valence-corrected chi connectivity index (χ0v) is 12.9. The Morgan fingerprint density at radius 2 is 2.05 bits per heavy atom. The fourth-order valence-electron chi connectivity index (χ4n) is 2.00. The molecular formula is C16H24N2O3. The standard InChI is InChI=1S/C16H24N2O3/c1-3-5-6-11-18(12-9-15(19)21-4-2)16(20)14-8-7-10-17-13-14/h7-8,10,13H,3-6,9,11-12H2,1-2H3. The van der Waals surface area contributed by atoms with E-state index in [2.05, 4.69) is 11.9 Å². The van der Waals surface area contributed by atoms with Crippen LogP contribution in [0.2, 0.25) is 0 Å². The van der Waals surface area contributed by atoms with E-state index in [9.17, 15) is 9.59 Å². The molecular weight excluding hydrogens is 268 g/mol.